The lowest BCUT2D eigenvalue weighted by molar-refractivity contribution is -0.138. The lowest BCUT2D eigenvalue weighted by Gasteiger charge is -2.30. The van der Waals surface area contributed by atoms with Crippen molar-refractivity contribution in [2.24, 2.45) is 0 Å². The topological polar surface area (TPSA) is 62.1 Å². The summed E-state index contributed by atoms with van der Waals surface area (Å²) in [5, 5.41) is 14.3. The first-order chi connectivity index (χ1) is 12.1. The third-order valence-electron chi connectivity index (χ3n) is 3.95. The van der Waals surface area contributed by atoms with Crippen LogP contribution in [0.15, 0.2) is 46.1 Å². The van der Waals surface area contributed by atoms with Crippen molar-refractivity contribution >= 4 is 29.3 Å². The number of nitrogens with one attached hydrogen (secondary N) is 1. The molecule has 0 unspecified atom stereocenters. The van der Waals surface area contributed by atoms with Crippen molar-refractivity contribution in [1.82, 2.24) is 5.32 Å². The van der Waals surface area contributed by atoms with E-state index in [2.05, 4.69) is 11.4 Å². The summed E-state index contributed by atoms with van der Waals surface area (Å²) in [5.74, 6) is -0.931. The zero-order chi connectivity index (χ0) is 18.4. The van der Waals surface area contributed by atoms with Crippen LogP contribution in [-0.4, -0.2) is 18.8 Å². The smallest absolute Gasteiger partial charge is 0.336 e. The minimum absolute atomic E-state index is 0.276. The molecule has 25 heavy (non-hydrogen) atoms. The Morgan fingerprint density at radius 2 is 2.12 bits per heavy atom. The highest BCUT2D eigenvalue weighted by Crippen LogP contribution is 2.43. The molecule has 0 spiro atoms. The molecule has 0 aromatic heterocycles. The maximum Gasteiger partial charge on any atom is 0.336 e. The summed E-state index contributed by atoms with van der Waals surface area (Å²) in [4.78, 5) is 12.7. The maximum atomic E-state index is 12.7. The number of allylic oxidation sites excluding steroid dienone is 2. The number of hydrogen-bond acceptors (Lipinski definition) is 5. The molecular weight excluding hydrogens is 356 g/mol. The number of carbonyl (C=O) groups is 1. The molecule has 1 aliphatic rings. The van der Waals surface area contributed by atoms with Gasteiger partial charge >= 0.3 is 5.97 Å². The molecule has 0 bridgehead atoms. The Bertz CT molecular complexity index is 765. The second-order valence-electron chi connectivity index (χ2n) is 5.50. The highest BCUT2D eigenvalue weighted by molar-refractivity contribution is 8.02. The second-order valence-corrected chi connectivity index (χ2v) is 6.72. The largest absolute Gasteiger partial charge is 0.463 e. The van der Waals surface area contributed by atoms with E-state index in [-0.39, 0.29) is 6.61 Å². The number of hydrogen-bond donors (Lipinski definition) is 1. The van der Waals surface area contributed by atoms with E-state index in [1.807, 2.05) is 31.4 Å². The molecule has 132 valence electrons. The summed E-state index contributed by atoms with van der Waals surface area (Å²) in [6.07, 6.45) is 3.46. The fourth-order valence-corrected chi connectivity index (χ4v) is 3.77. The first kappa shape index (κ1) is 19.4. The van der Waals surface area contributed by atoms with Gasteiger partial charge in [0, 0.05) is 10.7 Å². The van der Waals surface area contributed by atoms with Gasteiger partial charge in [-0.25, -0.2) is 4.79 Å². The van der Waals surface area contributed by atoms with E-state index in [1.165, 1.54) is 11.8 Å². The minimum Gasteiger partial charge on any atom is -0.463 e. The lowest BCUT2D eigenvalue weighted by atomic mass is 9.81. The van der Waals surface area contributed by atoms with Crippen molar-refractivity contribution in [3.8, 4) is 6.07 Å². The van der Waals surface area contributed by atoms with E-state index in [0.29, 0.717) is 22.6 Å². The first-order valence-electron chi connectivity index (χ1n) is 8.18. The Kier molecular flexibility index (Phi) is 6.98. The van der Waals surface area contributed by atoms with Gasteiger partial charge in [0.25, 0.3) is 0 Å². The molecule has 0 saturated carbocycles. The molecule has 1 atom stereocenters. The third kappa shape index (κ3) is 4.02. The predicted molar refractivity (Wildman–Crippen MR) is 102 cm³/mol. The zero-order valence-electron chi connectivity index (χ0n) is 14.6. The minimum atomic E-state index is -0.525. The predicted octanol–water partition coefficient (Wildman–Crippen LogP) is 4.74. The van der Waals surface area contributed by atoms with E-state index in [1.54, 1.807) is 13.0 Å². The van der Waals surface area contributed by atoms with Gasteiger partial charge in [-0.15, -0.1) is 11.8 Å². The van der Waals surface area contributed by atoms with E-state index in [0.717, 1.165) is 22.7 Å². The molecule has 0 saturated heterocycles. The summed E-state index contributed by atoms with van der Waals surface area (Å²) in [5.41, 5.74) is 2.51. The van der Waals surface area contributed by atoms with Crippen LogP contribution >= 0.6 is 23.4 Å². The number of rotatable bonds is 6. The Balaban J connectivity index is 2.72. The van der Waals surface area contributed by atoms with E-state index < -0.39 is 11.9 Å². The molecule has 0 amide bonds. The zero-order valence-corrected chi connectivity index (χ0v) is 16.1. The van der Waals surface area contributed by atoms with Crippen molar-refractivity contribution < 1.29 is 9.53 Å². The summed E-state index contributed by atoms with van der Waals surface area (Å²) in [6, 6.07) is 9.59. The molecule has 4 nitrogen and oxygen atoms in total. The molecule has 0 aliphatic carbocycles. The van der Waals surface area contributed by atoms with Crippen LogP contribution in [0.4, 0.5) is 0 Å². The second kappa shape index (κ2) is 8.98. The molecule has 1 heterocycles. The van der Waals surface area contributed by atoms with Gasteiger partial charge in [-0.1, -0.05) is 43.1 Å². The summed E-state index contributed by atoms with van der Waals surface area (Å²) < 4.78 is 5.29. The number of dihydropyridines is 1. The molecule has 2 rings (SSSR count). The normalized spacial score (nSPS) is 17.2. The van der Waals surface area contributed by atoms with Gasteiger partial charge in [0.1, 0.15) is 0 Å². The van der Waals surface area contributed by atoms with Gasteiger partial charge in [0.2, 0.25) is 0 Å². The first-order valence-corrected chi connectivity index (χ1v) is 9.79. The number of nitriles is 1. The lowest BCUT2D eigenvalue weighted by Crippen LogP contribution is -2.30. The van der Waals surface area contributed by atoms with Crippen molar-refractivity contribution in [3.63, 3.8) is 0 Å². The standard InChI is InChI=1S/C19H21ClN2O2S/c1-4-8-15-17(19(23)24-5-2)16(12-9-6-7-10-14(12)20)13(11-21)18(22-15)25-3/h6-7,9-10,16,22H,4-5,8H2,1-3H3/t16-/m0/s1. The highest BCUT2D eigenvalue weighted by atomic mass is 35.5. The summed E-state index contributed by atoms with van der Waals surface area (Å²) >= 11 is 7.86. The van der Waals surface area contributed by atoms with Crippen LogP contribution in [0.5, 0.6) is 0 Å². The Labute approximate surface area is 157 Å². The molecule has 1 aliphatic heterocycles. The van der Waals surface area contributed by atoms with Crippen molar-refractivity contribution in [3.05, 3.63) is 56.7 Å². The van der Waals surface area contributed by atoms with E-state index in [9.17, 15) is 10.1 Å². The third-order valence-corrected chi connectivity index (χ3v) is 5.02. The van der Waals surface area contributed by atoms with Crippen LogP contribution in [0.1, 0.15) is 38.2 Å². The highest BCUT2D eigenvalue weighted by Gasteiger charge is 2.36. The van der Waals surface area contributed by atoms with Gasteiger partial charge in [0.05, 0.1) is 34.8 Å². The number of halogens is 1. The Morgan fingerprint density at radius 1 is 1.40 bits per heavy atom. The Morgan fingerprint density at radius 3 is 2.68 bits per heavy atom. The van der Waals surface area contributed by atoms with Crippen molar-refractivity contribution in [1.29, 1.82) is 5.26 Å². The number of carbonyl (C=O) groups excluding carboxylic acids is 1. The van der Waals surface area contributed by atoms with Crippen LogP contribution < -0.4 is 5.32 Å². The molecule has 0 fully saturated rings. The molecule has 6 heteroatoms. The number of esters is 1. The fourth-order valence-electron chi connectivity index (χ4n) is 2.91. The molecule has 1 aromatic rings. The van der Waals surface area contributed by atoms with E-state index >= 15 is 0 Å². The number of benzene rings is 1. The SMILES string of the molecule is CCCC1=C(C(=O)OCC)[C@@H](c2ccccc2Cl)C(C#N)=C(SC)N1. The van der Waals surface area contributed by atoms with Crippen molar-refractivity contribution in [2.45, 2.75) is 32.6 Å². The van der Waals surface area contributed by atoms with E-state index in [4.69, 9.17) is 16.3 Å². The van der Waals surface area contributed by atoms with Crippen LogP contribution in [-0.2, 0) is 9.53 Å². The number of thioether (sulfide) groups is 1. The quantitative estimate of drug-likeness (QED) is 0.726. The Hall–Kier alpha value is -1.90. The van der Waals surface area contributed by atoms with Crippen LogP contribution in [0.25, 0.3) is 0 Å². The van der Waals surface area contributed by atoms with Gasteiger partial charge in [-0.05, 0) is 31.2 Å². The van der Waals surface area contributed by atoms with Gasteiger partial charge in [-0.2, -0.15) is 5.26 Å². The average molecular weight is 377 g/mol. The molecular formula is C19H21ClN2O2S. The maximum absolute atomic E-state index is 12.7. The fraction of sp³-hybridized carbons (Fsp3) is 0.368. The number of nitrogens with zero attached hydrogens (tertiary/aromatic N) is 1. The summed E-state index contributed by atoms with van der Waals surface area (Å²) in [6.45, 7) is 4.09. The van der Waals surface area contributed by atoms with Crippen LogP contribution in [0.2, 0.25) is 5.02 Å². The van der Waals surface area contributed by atoms with Gasteiger partial charge < -0.3 is 10.1 Å². The average Bonchev–Trinajstić information content (AvgIpc) is 2.61. The monoisotopic (exact) mass is 376 g/mol. The van der Waals surface area contributed by atoms with Crippen molar-refractivity contribution in [2.75, 3.05) is 12.9 Å². The van der Waals surface area contributed by atoms with Crippen LogP contribution in [0.3, 0.4) is 0 Å². The van der Waals surface area contributed by atoms with Crippen LogP contribution in [0, 0.1) is 11.3 Å². The van der Waals surface area contributed by atoms with Gasteiger partial charge in [0.15, 0.2) is 0 Å². The molecule has 1 aromatic carbocycles. The number of ether oxygens (including phenoxy) is 1. The molecule has 1 N–H and O–H groups in total. The summed E-state index contributed by atoms with van der Waals surface area (Å²) in [7, 11) is 0. The molecule has 0 radical (unpaired) electrons. The van der Waals surface area contributed by atoms with Gasteiger partial charge in [-0.3, -0.25) is 0 Å².